The van der Waals surface area contributed by atoms with E-state index in [1.807, 2.05) is 12.1 Å². The Morgan fingerprint density at radius 1 is 1.08 bits per heavy atom. The van der Waals surface area contributed by atoms with Gasteiger partial charge in [0.2, 0.25) is 0 Å². The summed E-state index contributed by atoms with van der Waals surface area (Å²) in [5, 5.41) is 9.47. The molecule has 138 valence electrons. The number of hydrogen-bond acceptors (Lipinski definition) is 3. The van der Waals surface area contributed by atoms with Crippen molar-refractivity contribution in [2.75, 3.05) is 13.7 Å². The minimum atomic E-state index is -0.00737. The zero-order valence-corrected chi connectivity index (χ0v) is 15.5. The summed E-state index contributed by atoms with van der Waals surface area (Å²) in [5.41, 5.74) is 7.09. The maximum absolute atomic E-state index is 9.47. The van der Waals surface area contributed by atoms with Gasteiger partial charge < -0.3 is 14.6 Å². The average Bonchev–Trinajstić information content (AvgIpc) is 3.17. The van der Waals surface area contributed by atoms with Crippen LogP contribution in [0.4, 0.5) is 0 Å². The van der Waals surface area contributed by atoms with Crippen LogP contribution in [0, 0.1) is 0 Å². The molecule has 26 heavy (non-hydrogen) atoms. The molecule has 2 unspecified atom stereocenters. The van der Waals surface area contributed by atoms with E-state index in [9.17, 15) is 5.11 Å². The zero-order chi connectivity index (χ0) is 17.9. The fourth-order valence-corrected chi connectivity index (χ4v) is 4.41. The highest BCUT2D eigenvalue weighted by Crippen LogP contribution is 2.36. The van der Waals surface area contributed by atoms with E-state index >= 15 is 0 Å². The van der Waals surface area contributed by atoms with Gasteiger partial charge in [-0.05, 0) is 84.9 Å². The Balaban J connectivity index is 1.62. The van der Waals surface area contributed by atoms with Gasteiger partial charge in [-0.3, -0.25) is 0 Å². The van der Waals surface area contributed by atoms with Crippen LogP contribution in [-0.2, 0) is 24.0 Å². The maximum atomic E-state index is 9.47. The number of aliphatic hydroxyl groups is 1. The van der Waals surface area contributed by atoms with Crippen molar-refractivity contribution in [2.45, 2.75) is 57.2 Å². The van der Waals surface area contributed by atoms with Crippen LogP contribution in [0.25, 0.3) is 0 Å². The molecule has 1 aliphatic heterocycles. The maximum Gasteiger partial charge on any atom is 0.118 e. The molecule has 0 aromatic heterocycles. The fraction of sp³-hybridized carbons (Fsp3) is 0.478. The Morgan fingerprint density at radius 2 is 1.92 bits per heavy atom. The van der Waals surface area contributed by atoms with Crippen molar-refractivity contribution in [2.24, 2.45) is 0 Å². The number of rotatable bonds is 5. The zero-order valence-electron chi connectivity index (χ0n) is 15.5. The number of hydrogen-bond donors (Lipinski definition) is 1. The number of benzene rings is 2. The van der Waals surface area contributed by atoms with Crippen molar-refractivity contribution in [3.8, 4) is 5.75 Å². The van der Waals surface area contributed by atoms with E-state index in [2.05, 4.69) is 24.3 Å². The molecule has 1 aliphatic carbocycles. The SMILES string of the molecule is COc1ccc(Cc2cc(C3CCCC(CO)O3)cc3c2CCC3)cc1. The number of fused-ring (bicyclic) bond motifs is 1. The van der Waals surface area contributed by atoms with Crippen molar-refractivity contribution in [1.82, 2.24) is 0 Å². The van der Waals surface area contributed by atoms with Crippen LogP contribution < -0.4 is 4.74 Å². The minimum Gasteiger partial charge on any atom is -0.497 e. The first-order valence-electron chi connectivity index (χ1n) is 9.80. The molecular weight excluding hydrogens is 324 g/mol. The monoisotopic (exact) mass is 352 g/mol. The summed E-state index contributed by atoms with van der Waals surface area (Å²) >= 11 is 0. The van der Waals surface area contributed by atoms with Crippen LogP contribution in [0.3, 0.4) is 0 Å². The molecule has 2 aromatic carbocycles. The van der Waals surface area contributed by atoms with Gasteiger partial charge in [-0.25, -0.2) is 0 Å². The van der Waals surface area contributed by atoms with Crippen molar-refractivity contribution in [1.29, 1.82) is 0 Å². The molecule has 2 aliphatic rings. The Bertz CT molecular complexity index is 751. The number of aliphatic hydroxyl groups excluding tert-OH is 1. The molecule has 0 radical (unpaired) electrons. The Kier molecular flexibility index (Phi) is 5.28. The lowest BCUT2D eigenvalue weighted by atomic mass is 9.90. The van der Waals surface area contributed by atoms with Crippen molar-refractivity contribution >= 4 is 0 Å². The largest absolute Gasteiger partial charge is 0.497 e. The molecule has 0 bridgehead atoms. The van der Waals surface area contributed by atoms with Gasteiger partial charge in [-0.15, -0.1) is 0 Å². The summed E-state index contributed by atoms with van der Waals surface area (Å²) in [5.74, 6) is 0.901. The summed E-state index contributed by atoms with van der Waals surface area (Å²) < 4.78 is 11.4. The van der Waals surface area contributed by atoms with E-state index in [0.29, 0.717) is 0 Å². The van der Waals surface area contributed by atoms with Crippen LogP contribution in [0.15, 0.2) is 36.4 Å². The first-order valence-corrected chi connectivity index (χ1v) is 9.80. The lowest BCUT2D eigenvalue weighted by Gasteiger charge is -2.30. The van der Waals surface area contributed by atoms with E-state index in [0.717, 1.165) is 31.4 Å². The van der Waals surface area contributed by atoms with Crippen molar-refractivity contribution in [3.05, 3.63) is 64.2 Å². The van der Waals surface area contributed by atoms with Gasteiger partial charge in [0.1, 0.15) is 5.75 Å². The van der Waals surface area contributed by atoms with Gasteiger partial charge in [0.25, 0.3) is 0 Å². The Labute approximate surface area is 156 Å². The summed E-state index contributed by atoms with van der Waals surface area (Å²) in [7, 11) is 1.70. The molecule has 4 rings (SSSR count). The topological polar surface area (TPSA) is 38.7 Å². The van der Waals surface area contributed by atoms with Crippen LogP contribution >= 0.6 is 0 Å². The summed E-state index contributed by atoms with van der Waals surface area (Å²) in [6.07, 6.45) is 7.83. The molecule has 3 nitrogen and oxygen atoms in total. The van der Waals surface area contributed by atoms with Gasteiger partial charge >= 0.3 is 0 Å². The van der Waals surface area contributed by atoms with E-state index in [4.69, 9.17) is 9.47 Å². The molecule has 0 saturated carbocycles. The number of aryl methyl sites for hydroxylation is 1. The first-order chi connectivity index (χ1) is 12.8. The molecule has 0 spiro atoms. The molecule has 1 heterocycles. The second kappa shape index (κ2) is 7.81. The van der Waals surface area contributed by atoms with Crippen LogP contribution in [0.2, 0.25) is 0 Å². The summed E-state index contributed by atoms with van der Waals surface area (Å²) in [4.78, 5) is 0. The molecule has 1 N–H and O–H groups in total. The van der Waals surface area contributed by atoms with E-state index < -0.39 is 0 Å². The van der Waals surface area contributed by atoms with E-state index in [1.54, 1.807) is 12.7 Å². The Morgan fingerprint density at radius 3 is 2.69 bits per heavy atom. The first kappa shape index (κ1) is 17.6. The highest BCUT2D eigenvalue weighted by atomic mass is 16.5. The van der Waals surface area contributed by atoms with E-state index in [1.165, 1.54) is 41.5 Å². The smallest absolute Gasteiger partial charge is 0.118 e. The van der Waals surface area contributed by atoms with Gasteiger partial charge in [0.05, 0.1) is 25.9 Å². The molecular formula is C23H28O3. The third-order valence-corrected chi connectivity index (χ3v) is 5.81. The second-order valence-corrected chi connectivity index (χ2v) is 7.56. The van der Waals surface area contributed by atoms with Gasteiger partial charge in [-0.2, -0.15) is 0 Å². The summed E-state index contributed by atoms with van der Waals surface area (Å²) in [6, 6.07) is 13.1. The molecule has 3 heteroatoms. The van der Waals surface area contributed by atoms with Crippen LogP contribution in [0.5, 0.6) is 5.75 Å². The normalized spacial score (nSPS) is 22.2. The fourth-order valence-electron chi connectivity index (χ4n) is 4.41. The highest BCUT2D eigenvalue weighted by molar-refractivity contribution is 5.45. The third-order valence-electron chi connectivity index (χ3n) is 5.81. The number of ether oxygens (including phenoxy) is 2. The molecule has 1 fully saturated rings. The van der Waals surface area contributed by atoms with E-state index in [-0.39, 0.29) is 18.8 Å². The highest BCUT2D eigenvalue weighted by Gasteiger charge is 2.25. The molecule has 2 atom stereocenters. The quantitative estimate of drug-likeness (QED) is 0.868. The lowest BCUT2D eigenvalue weighted by Crippen LogP contribution is -2.25. The second-order valence-electron chi connectivity index (χ2n) is 7.56. The number of methoxy groups -OCH3 is 1. The van der Waals surface area contributed by atoms with Crippen LogP contribution in [-0.4, -0.2) is 24.9 Å². The van der Waals surface area contributed by atoms with Gasteiger partial charge in [0, 0.05) is 0 Å². The lowest BCUT2D eigenvalue weighted by molar-refractivity contribution is -0.0737. The minimum absolute atomic E-state index is 0.00737. The molecule has 1 saturated heterocycles. The Hall–Kier alpha value is -1.84. The van der Waals surface area contributed by atoms with Gasteiger partial charge in [0.15, 0.2) is 0 Å². The van der Waals surface area contributed by atoms with Crippen LogP contribution in [0.1, 0.15) is 59.6 Å². The standard InChI is InChI=1S/C23H28O3/c1-25-20-10-8-16(9-11-20)12-18-14-19(13-17-4-2-6-22(17)18)23-7-3-5-21(15-24)26-23/h8-11,13-14,21,23-24H,2-7,12,15H2,1H3. The predicted molar refractivity (Wildman–Crippen MR) is 103 cm³/mol. The van der Waals surface area contributed by atoms with Gasteiger partial charge in [-0.1, -0.05) is 24.3 Å². The summed E-state index contributed by atoms with van der Waals surface area (Å²) in [6.45, 7) is 0.125. The third kappa shape index (κ3) is 3.65. The van der Waals surface area contributed by atoms with Crippen molar-refractivity contribution in [3.63, 3.8) is 0 Å². The average molecular weight is 352 g/mol. The van der Waals surface area contributed by atoms with Crippen molar-refractivity contribution < 1.29 is 14.6 Å². The molecule has 0 amide bonds. The predicted octanol–water partition coefficient (Wildman–Crippen LogP) is 4.38. The molecule has 2 aromatic rings.